The Balaban J connectivity index is 1.80. The van der Waals surface area contributed by atoms with Crippen molar-refractivity contribution in [1.82, 2.24) is 4.90 Å². The SMILES string of the molecule is COc1cc2c(cc1OC)CN(Cc1ccccc1C)CC2. The Kier molecular flexibility index (Phi) is 4.34. The van der Waals surface area contributed by atoms with E-state index in [2.05, 4.69) is 48.2 Å². The smallest absolute Gasteiger partial charge is 0.161 e. The molecular weight excluding hydrogens is 274 g/mol. The van der Waals surface area contributed by atoms with Gasteiger partial charge in [-0.25, -0.2) is 0 Å². The van der Waals surface area contributed by atoms with Gasteiger partial charge in [0, 0.05) is 19.6 Å². The third kappa shape index (κ3) is 2.95. The van der Waals surface area contributed by atoms with Gasteiger partial charge in [-0.2, -0.15) is 0 Å². The monoisotopic (exact) mass is 297 g/mol. The van der Waals surface area contributed by atoms with Crippen molar-refractivity contribution in [2.24, 2.45) is 0 Å². The van der Waals surface area contributed by atoms with Gasteiger partial charge in [-0.15, -0.1) is 0 Å². The number of methoxy groups -OCH3 is 2. The maximum Gasteiger partial charge on any atom is 0.161 e. The van der Waals surface area contributed by atoms with Crippen LogP contribution >= 0.6 is 0 Å². The van der Waals surface area contributed by atoms with Crippen molar-refractivity contribution in [3.63, 3.8) is 0 Å². The van der Waals surface area contributed by atoms with E-state index in [1.165, 1.54) is 22.3 Å². The van der Waals surface area contributed by atoms with E-state index in [1.807, 2.05) is 0 Å². The molecule has 3 heteroatoms. The van der Waals surface area contributed by atoms with Crippen LogP contribution in [0.5, 0.6) is 11.5 Å². The zero-order chi connectivity index (χ0) is 15.5. The lowest BCUT2D eigenvalue weighted by molar-refractivity contribution is 0.243. The Morgan fingerprint density at radius 2 is 1.68 bits per heavy atom. The number of fused-ring (bicyclic) bond motifs is 1. The molecule has 1 heterocycles. The van der Waals surface area contributed by atoms with Crippen LogP contribution < -0.4 is 9.47 Å². The first-order valence-corrected chi connectivity index (χ1v) is 7.72. The Morgan fingerprint density at radius 1 is 1.00 bits per heavy atom. The lowest BCUT2D eigenvalue weighted by Crippen LogP contribution is -2.30. The summed E-state index contributed by atoms with van der Waals surface area (Å²) in [6, 6.07) is 12.9. The second-order valence-corrected chi connectivity index (χ2v) is 5.86. The van der Waals surface area contributed by atoms with Gasteiger partial charge in [0.1, 0.15) is 0 Å². The molecule has 0 saturated carbocycles. The molecule has 0 bridgehead atoms. The highest BCUT2D eigenvalue weighted by molar-refractivity contribution is 5.48. The van der Waals surface area contributed by atoms with Crippen LogP contribution in [0.3, 0.4) is 0 Å². The Bertz CT molecular complexity index is 666. The number of hydrogen-bond acceptors (Lipinski definition) is 3. The van der Waals surface area contributed by atoms with Crippen molar-refractivity contribution in [1.29, 1.82) is 0 Å². The molecule has 0 aliphatic carbocycles. The van der Waals surface area contributed by atoms with E-state index in [0.29, 0.717) is 0 Å². The minimum absolute atomic E-state index is 0.819. The predicted molar refractivity (Wildman–Crippen MR) is 88.5 cm³/mol. The van der Waals surface area contributed by atoms with Gasteiger partial charge in [-0.3, -0.25) is 4.90 Å². The van der Waals surface area contributed by atoms with Gasteiger partial charge < -0.3 is 9.47 Å². The summed E-state index contributed by atoms with van der Waals surface area (Å²) < 4.78 is 10.8. The van der Waals surface area contributed by atoms with E-state index in [4.69, 9.17) is 9.47 Å². The van der Waals surface area contributed by atoms with Gasteiger partial charge in [-0.05, 0) is 47.7 Å². The van der Waals surface area contributed by atoms with Crippen LogP contribution in [-0.2, 0) is 19.5 Å². The molecule has 116 valence electrons. The van der Waals surface area contributed by atoms with Crippen LogP contribution in [0.1, 0.15) is 22.3 Å². The van der Waals surface area contributed by atoms with Crippen LogP contribution in [0.4, 0.5) is 0 Å². The van der Waals surface area contributed by atoms with Gasteiger partial charge in [0.2, 0.25) is 0 Å². The molecule has 3 rings (SSSR count). The number of ether oxygens (including phenoxy) is 2. The molecule has 1 aliphatic heterocycles. The Labute approximate surface area is 132 Å². The zero-order valence-electron chi connectivity index (χ0n) is 13.6. The second kappa shape index (κ2) is 6.41. The first kappa shape index (κ1) is 14.9. The molecule has 0 radical (unpaired) electrons. The summed E-state index contributed by atoms with van der Waals surface area (Å²) >= 11 is 0. The van der Waals surface area contributed by atoms with Crippen LogP contribution in [0.25, 0.3) is 0 Å². The molecule has 22 heavy (non-hydrogen) atoms. The molecule has 2 aromatic rings. The average molecular weight is 297 g/mol. The number of benzene rings is 2. The number of rotatable bonds is 4. The highest BCUT2D eigenvalue weighted by Crippen LogP contribution is 2.33. The average Bonchev–Trinajstić information content (AvgIpc) is 2.55. The molecule has 2 aromatic carbocycles. The molecule has 0 spiro atoms. The summed E-state index contributed by atoms with van der Waals surface area (Å²) in [5, 5.41) is 0. The Morgan fingerprint density at radius 3 is 2.36 bits per heavy atom. The zero-order valence-corrected chi connectivity index (χ0v) is 13.6. The molecular formula is C19H23NO2. The van der Waals surface area contributed by atoms with Gasteiger partial charge in [0.15, 0.2) is 11.5 Å². The largest absolute Gasteiger partial charge is 0.493 e. The minimum Gasteiger partial charge on any atom is -0.493 e. The second-order valence-electron chi connectivity index (χ2n) is 5.86. The normalized spacial score (nSPS) is 14.5. The Hall–Kier alpha value is -2.00. The summed E-state index contributed by atoms with van der Waals surface area (Å²) in [7, 11) is 3.38. The third-order valence-corrected chi connectivity index (χ3v) is 4.45. The molecule has 0 fully saturated rings. The van der Waals surface area contributed by atoms with Crippen LogP contribution in [0.15, 0.2) is 36.4 Å². The quantitative estimate of drug-likeness (QED) is 0.861. The van der Waals surface area contributed by atoms with Crippen LogP contribution in [0.2, 0.25) is 0 Å². The van der Waals surface area contributed by atoms with E-state index in [1.54, 1.807) is 14.2 Å². The number of aryl methyl sites for hydroxylation is 1. The summed E-state index contributed by atoms with van der Waals surface area (Å²) in [4.78, 5) is 2.50. The predicted octanol–water partition coefficient (Wildman–Crippen LogP) is 3.57. The maximum absolute atomic E-state index is 5.43. The molecule has 0 saturated heterocycles. The summed E-state index contributed by atoms with van der Waals surface area (Å²) in [6.45, 7) is 5.22. The molecule has 0 atom stereocenters. The summed E-state index contributed by atoms with van der Waals surface area (Å²) in [5.41, 5.74) is 5.49. The van der Waals surface area contributed by atoms with E-state index in [0.717, 1.165) is 37.6 Å². The van der Waals surface area contributed by atoms with E-state index >= 15 is 0 Å². The van der Waals surface area contributed by atoms with Crippen molar-refractivity contribution in [3.05, 3.63) is 58.7 Å². The first-order chi connectivity index (χ1) is 10.7. The van der Waals surface area contributed by atoms with Crippen molar-refractivity contribution in [2.75, 3.05) is 20.8 Å². The highest BCUT2D eigenvalue weighted by Gasteiger charge is 2.19. The molecule has 1 aliphatic rings. The van der Waals surface area contributed by atoms with E-state index in [9.17, 15) is 0 Å². The lowest BCUT2D eigenvalue weighted by Gasteiger charge is -2.30. The maximum atomic E-state index is 5.43. The fourth-order valence-corrected chi connectivity index (χ4v) is 3.10. The lowest BCUT2D eigenvalue weighted by atomic mass is 9.98. The molecule has 0 unspecified atom stereocenters. The van der Waals surface area contributed by atoms with Crippen molar-refractivity contribution in [3.8, 4) is 11.5 Å². The van der Waals surface area contributed by atoms with Crippen LogP contribution in [0, 0.1) is 6.92 Å². The van der Waals surface area contributed by atoms with E-state index in [-0.39, 0.29) is 0 Å². The fraction of sp³-hybridized carbons (Fsp3) is 0.368. The molecule has 0 amide bonds. The minimum atomic E-state index is 0.819. The summed E-state index contributed by atoms with van der Waals surface area (Å²) in [6.07, 6.45) is 1.06. The standard InChI is InChI=1S/C19H23NO2/c1-14-6-4-5-7-16(14)12-20-9-8-15-10-18(21-2)19(22-3)11-17(15)13-20/h4-7,10-11H,8-9,12-13H2,1-3H3. The highest BCUT2D eigenvalue weighted by atomic mass is 16.5. The van der Waals surface area contributed by atoms with Crippen molar-refractivity contribution >= 4 is 0 Å². The number of nitrogens with zero attached hydrogens (tertiary/aromatic N) is 1. The fourth-order valence-electron chi connectivity index (χ4n) is 3.10. The van der Waals surface area contributed by atoms with Gasteiger partial charge >= 0.3 is 0 Å². The number of hydrogen-bond donors (Lipinski definition) is 0. The van der Waals surface area contributed by atoms with Crippen molar-refractivity contribution < 1.29 is 9.47 Å². The topological polar surface area (TPSA) is 21.7 Å². The van der Waals surface area contributed by atoms with Gasteiger partial charge in [-0.1, -0.05) is 24.3 Å². The van der Waals surface area contributed by atoms with E-state index < -0.39 is 0 Å². The summed E-state index contributed by atoms with van der Waals surface area (Å²) in [5.74, 6) is 1.65. The van der Waals surface area contributed by atoms with Gasteiger partial charge in [0.25, 0.3) is 0 Å². The molecule has 3 nitrogen and oxygen atoms in total. The molecule has 0 N–H and O–H groups in total. The first-order valence-electron chi connectivity index (χ1n) is 7.72. The third-order valence-electron chi connectivity index (χ3n) is 4.45. The van der Waals surface area contributed by atoms with Crippen LogP contribution in [-0.4, -0.2) is 25.7 Å². The molecule has 0 aromatic heterocycles. The van der Waals surface area contributed by atoms with Crippen molar-refractivity contribution in [2.45, 2.75) is 26.4 Å². The van der Waals surface area contributed by atoms with Gasteiger partial charge in [0.05, 0.1) is 14.2 Å².